The Bertz CT molecular complexity index is 811. The summed E-state index contributed by atoms with van der Waals surface area (Å²) < 4.78 is 0. The van der Waals surface area contributed by atoms with Gasteiger partial charge in [0.25, 0.3) is 0 Å². The SMILES string of the molecule is CC(C)CC1CCC1.CC(C)CC1CCCCC1.CC(C)N1CC2CCCC2C1.CC(C)NC(=O)NCC1CCC1.CC(C)NCC1CCC1. The van der Waals surface area contributed by atoms with Crippen molar-refractivity contribution in [1.29, 1.82) is 0 Å². The van der Waals surface area contributed by atoms with Crippen molar-refractivity contribution in [2.45, 2.75) is 209 Å². The molecule has 50 heavy (non-hydrogen) atoms. The van der Waals surface area contributed by atoms with Gasteiger partial charge in [0.05, 0.1) is 0 Å². The highest BCUT2D eigenvalue weighted by Crippen LogP contribution is 2.38. The van der Waals surface area contributed by atoms with E-state index >= 15 is 0 Å². The average molecular weight is 703 g/mol. The van der Waals surface area contributed by atoms with E-state index in [-0.39, 0.29) is 12.1 Å². The molecule has 0 aromatic heterocycles. The Labute approximate surface area is 313 Å². The summed E-state index contributed by atoms with van der Waals surface area (Å²) in [5.41, 5.74) is 0. The van der Waals surface area contributed by atoms with E-state index in [4.69, 9.17) is 0 Å². The first kappa shape index (κ1) is 45.3. The van der Waals surface area contributed by atoms with Gasteiger partial charge in [0, 0.05) is 37.8 Å². The molecule has 0 aromatic rings. The molecular formula is C45H90N4O. The molecular weight excluding hydrogens is 613 g/mol. The number of fused-ring (bicyclic) bond motifs is 1. The molecule has 5 saturated carbocycles. The fourth-order valence-electron chi connectivity index (χ4n) is 8.52. The second-order valence-corrected chi connectivity index (χ2v) is 19.2. The highest BCUT2D eigenvalue weighted by atomic mass is 16.2. The topological polar surface area (TPSA) is 56.4 Å². The van der Waals surface area contributed by atoms with Crippen LogP contribution in [0.15, 0.2) is 0 Å². The number of nitrogens with zero attached hydrogens (tertiary/aromatic N) is 1. The van der Waals surface area contributed by atoms with E-state index in [2.05, 4.69) is 76.2 Å². The van der Waals surface area contributed by atoms with Gasteiger partial charge in [-0.1, -0.05) is 112 Å². The molecule has 1 aliphatic heterocycles. The van der Waals surface area contributed by atoms with Gasteiger partial charge in [-0.3, -0.25) is 0 Å². The molecule has 5 heteroatoms. The zero-order valence-electron chi connectivity index (χ0n) is 35.5. The summed E-state index contributed by atoms with van der Waals surface area (Å²) in [7, 11) is 0. The molecule has 0 radical (unpaired) electrons. The average Bonchev–Trinajstić information content (AvgIpc) is 3.58. The van der Waals surface area contributed by atoms with Crippen molar-refractivity contribution in [3.63, 3.8) is 0 Å². The van der Waals surface area contributed by atoms with Crippen molar-refractivity contribution >= 4 is 6.03 Å². The maximum absolute atomic E-state index is 11.1. The zero-order chi connectivity index (χ0) is 36.9. The fourth-order valence-corrected chi connectivity index (χ4v) is 8.52. The predicted octanol–water partition coefficient (Wildman–Crippen LogP) is 11.9. The summed E-state index contributed by atoms with van der Waals surface area (Å²) in [5, 5.41) is 9.11. The van der Waals surface area contributed by atoms with Gasteiger partial charge in [0.2, 0.25) is 0 Å². The maximum atomic E-state index is 11.1. The van der Waals surface area contributed by atoms with E-state index in [9.17, 15) is 4.79 Å². The van der Waals surface area contributed by atoms with Gasteiger partial charge in [-0.2, -0.15) is 0 Å². The van der Waals surface area contributed by atoms with E-state index < -0.39 is 0 Å². The molecule has 1 heterocycles. The van der Waals surface area contributed by atoms with Gasteiger partial charge >= 0.3 is 6.03 Å². The number of nitrogens with one attached hydrogen (secondary N) is 3. The summed E-state index contributed by atoms with van der Waals surface area (Å²) in [4.78, 5) is 13.7. The number of hydrogen-bond donors (Lipinski definition) is 3. The first-order chi connectivity index (χ1) is 23.8. The Morgan fingerprint density at radius 2 is 0.940 bits per heavy atom. The van der Waals surface area contributed by atoms with Crippen molar-refractivity contribution in [3.8, 4) is 0 Å². The molecule has 5 aliphatic carbocycles. The smallest absolute Gasteiger partial charge is 0.314 e. The number of carbonyl (C=O) groups is 1. The van der Waals surface area contributed by atoms with Crippen LogP contribution in [0, 0.1) is 47.3 Å². The second kappa shape index (κ2) is 26.0. The lowest BCUT2D eigenvalue weighted by Crippen LogP contribution is -2.42. The molecule has 0 bridgehead atoms. The molecule has 6 rings (SSSR count). The van der Waals surface area contributed by atoms with Gasteiger partial charge in [-0.05, 0) is 133 Å². The minimum Gasteiger partial charge on any atom is -0.338 e. The highest BCUT2D eigenvalue weighted by Gasteiger charge is 2.36. The summed E-state index contributed by atoms with van der Waals surface area (Å²) in [5.74, 6) is 7.91. The van der Waals surface area contributed by atoms with Gasteiger partial charge in [0.15, 0.2) is 0 Å². The summed E-state index contributed by atoms with van der Waals surface area (Å²) in [6, 6.07) is 1.65. The number of likely N-dealkylation sites (tertiary alicyclic amines) is 1. The van der Waals surface area contributed by atoms with Crippen LogP contribution < -0.4 is 16.0 Å². The minimum absolute atomic E-state index is 0.0306. The lowest BCUT2D eigenvalue weighted by atomic mass is 9.80. The molecule has 2 unspecified atom stereocenters. The summed E-state index contributed by atoms with van der Waals surface area (Å²) in [6.45, 7) is 27.2. The molecule has 3 N–H and O–H groups in total. The van der Waals surface area contributed by atoms with Crippen molar-refractivity contribution in [2.75, 3.05) is 26.2 Å². The quantitative estimate of drug-likeness (QED) is 0.201. The van der Waals surface area contributed by atoms with Crippen molar-refractivity contribution in [1.82, 2.24) is 20.9 Å². The van der Waals surface area contributed by atoms with Crippen LogP contribution >= 0.6 is 0 Å². The molecule has 2 atom stereocenters. The second-order valence-electron chi connectivity index (χ2n) is 19.2. The zero-order valence-corrected chi connectivity index (χ0v) is 35.5. The third-order valence-electron chi connectivity index (χ3n) is 12.3. The molecule has 6 aliphatic rings. The predicted molar refractivity (Wildman–Crippen MR) is 220 cm³/mol. The van der Waals surface area contributed by atoms with Crippen molar-refractivity contribution < 1.29 is 4.79 Å². The maximum Gasteiger partial charge on any atom is 0.314 e. The van der Waals surface area contributed by atoms with Crippen LogP contribution in [-0.2, 0) is 0 Å². The van der Waals surface area contributed by atoms with E-state index in [0.717, 1.165) is 59.9 Å². The first-order valence-corrected chi connectivity index (χ1v) is 22.3. The molecule has 1 saturated heterocycles. The first-order valence-electron chi connectivity index (χ1n) is 22.3. The standard InChI is InChI=1S/C10H19N.C10H20.C9H18N2O.C8H17N.C8H16/c1-8(2)11-6-9-4-3-5-10(9)7-11;1-9(2)8-10-6-4-3-5-7-10;1-7(2)11-9(12)10-6-8-4-3-5-8;1-7(2)9-6-8-4-3-5-8;1-7(2)6-8-4-3-5-8/h8-10H,3-7H2,1-2H3;9-10H,3-8H2,1-2H3;7-8H,3-6H2,1-2H3,(H2,10,11,12);7-9H,3-6H2,1-2H3;7-8H,3-6H2,1-2H3. The van der Waals surface area contributed by atoms with E-state index in [1.54, 1.807) is 0 Å². The van der Waals surface area contributed by atoms with Crippen LogP contribution in [0.5, 0.6) is 0 Å². The Morgan fingerprint density at radius 1 is 0.520 bits per heavy atom. The molecule has 2 amide bonds. The van der Waals surface area contributed by atoms with Crippen LogP contribution in [0.4, 0.5) is 4.79 Å². The number of rotatable bonds is 11. The molecule has 6 fully saturated rings. The Hall–Kier alpha value is -0.810. The van der Waals surface area contributed by atoms with Crippen LogP contribution in [0.3, 0.4) is 0 Å². The summed E-state index contributed by atoms with van der Waals surface area (Å²) >= 11 is 0. The van der Waals surface area contributed by atoms with Gasteiger partial charge < -0.3 is 20.9 Å². The Morgan fingerprint density at radius 3 is 1.30 bits per heavy atom. The third kappa shape index (κ3) is 21.0. The van der Waals surface area contributed by atoms with Crippen molar-refractivity contribution in [3.05, 3.63) is 0 Å². The van der Waals surface area contributed by atoms with Crippen LogP contribution in [0.2, 0.25) is 0 Å². The number of carbonyl (C=O) groups excluding carboxylic acids is 1. The number of urea groups is 1. The largest absolute Gasteiger partial charge is 0.338 e. The Kier molecular flexibility index (Phi) is 23.6. The minimum atomic E-state index is -0.0306. The Balaban J connectivity index is 0.000000218. The van der Waals surface area contributed by atoms with Gasteiger partial charge in [0.1, 0.15) is 0 Å². The molecule has 5 nitrogen and oxygen atoms in total. The van der Waals surface area contributed by atoms with Crippen LogP contribution in [0.25, 0.3) is 0 Å². The van der Waals surface area contributed by atoms with E-state index in [0.29, 0.717) is 6.04 Å². The van der Waals surface area contributed by atoms with E-state index in [1.807, 2.05) is 13.8 Å². The van der Waals surface area contributed by atoms with Gasteiger partial charge in [-0.15, -0.1) is 0 Å². The molecule has 296 valence electrons. The lowest BCUT2D eigenvalue weighted by molar-refractivity contribution is 0.230. The van der Waals surface area contributed by atoms with Crippen molar-refractivity contribution in [2.24, 2.45) is 47.3 Å². The normalized spacial score (nSPS) is 24.1. The summed E-state index contributed by atoms with van der Waals surface area (Å²) in [6.07, 6.45) is 27.8. The number of amides is 2. The third-order valence-corrected chi connectivity index (χ3v) is 12.3. The monoisotopic (exact) mass is 703 g/mol. The molecule has 0 spiro atoms. The highest BCUT2D eigenvalue weighted by molar-refractivity contribution is 5.74. The molecule has 0 aromatic carbocycles. The van der Waals surface area contributed by atoms with Crippen LogP contribution in [0.1, 0.15) is 191 Å². The van der Waals surface area contributed by atoms with Gasteiger partial charge in [-0.25, -0.2) is 4.79 Å². The van der Waals surface area contributed by atoms with E-state index in [1.165, 1.54) is 142 Å². The fraction of sp³-hybridized carbons (Fsp3) is 0.978. The van der Waals surface area contributed by atoms with Crippen LogP contribution in [-0.4, -0.2) is 55.2 Å². The number of hydrogen-bond acceptors (Lipinski definition) is 3. The lowest BCUT2D eigenvalue weighted by Gasteiger charge is -2.26.